The van der Waals surface area contributed by atoms with Crippen LogP contribution >= 0.6 is 0 Å². The van der Waals surface area contributed by atoms with Crippen LogP contribution in [0.5, 0.6) is 0 Å². The third-order valence-corrected chi connectivity index (χ3v) is 5.01. The van der Waals surface area contributed by atoms with Crippen LogP contribution in [0.4, 0.5) is 0 Å². The van der Waals surface area contributed by atoms with Crippen molar-refractivity contribution in [2.45, 2.75) is 45.9 Å². The molecule has 0 aromatic carbocycles. The van der Waals surface area contributed by atoms with Gasteiger partial charge < -0.3 is 5.02 Å². The highest BCUT2D eigenvalue weighted by Crippen LogP contribution is 2.69. The highest BCUT2D eigenvalue weighted by Gasteiger charge is 2.59. The van der Waals surface area contributed by atoms with E-state index in [0.717, 1.165) is 5.92 Å². The summed E-state index contributed by atoms with van der Waals surface area (Å²) in [6.45, 7) is 7.18. The van der Waals surface area contributed by atoms with Crippen molar-refractivity contribution >= 4 is 7.48 Å². The molecule has 2 rings (SSSR count). The molecule has 2 heteroatoms. The predicted molar refractivity (Wildman–Crippen MR) is 52.3 cm³/mol. The summed E-state index contributed by atoms with van der Waals surface area (Å²) in [5.41, 5.74) is 0.992. The van der Waals surface area contributed by atoms with E-state index in [0.29, 0.717) is 24.1 Å². The van der Waals surface area contributed by atoms with Crippen LogP contribution in [-0.4, -0.2) is 12.5 Å². The molecule has 12 heavy (non-hydrogen) atoms. The highest BCUT2D eigenvalue weighted by molar-refractivity contribution is 6.28. The Bertz CT molecular complexity index is 199. The van der Waals surface area contributed by atoms with Gasteiger partial charge in [0.05, 0.1) is 0 Å². The normalized spacial score (nSPS) is 49.7. The van der Waals surface area contributed by atoms with Gasteiger partial charge in [0.2, 0.25) is 0 Å². The molecule has 0 aromatic heterocycles. The Morgan fingerprint density at radius 1 is 1.33 bits per heavy atom. The first-order valence-electron chi connectivity index (χ1n) is 5.12. The quantitative estimate of drug-likeness (QED) is 0.590. The van der Waals surface area contributed by atoms with Crippen LogP contribution in [0.2, 0.25) is 5.82 Å². The Morgan fingerprint density at radius 3 is 2.25 bits per heavy atom. The largest absolute Gasteiger partial charge is 0.454 e. The van der Waals surface area contributed by atoms with Gasteiger partial charge in [-0.15, -0.1) is 0 Å². The van der Waals surface area contributed by atoms with Gasteiger partial charge in [-0.25, -0.2) is 0 Å². The minimum Gasteiger partial charge on any atom is -0.454 e. The first-order valence-corrected chi connectivity index (χ1v) is 5.12. The van der Waals surface area contributed by atoms with Gasteiger partial charge in [-0.1, -0.05) is 20.8 Å². The molecule has 0 heterocycles. The van der Waals surface area contributed by atoms with Crippen LogP contribution in [0, 0.1) is 16.7 Å². The minimum atomic E-state index is 0.406. The van der Waals surface area contributed by atoms with E-state index < -0.39 is 0 Å². The Labute approximate surface area is 75.8 Å². The van der Waals surface area contributed by atoms with E-state index in [1.54, 1.807) is 0 Å². The summed E-state index contributed by atoms with van der Waals surface area (Å²) in [4.78, 5) is 0. The summed E-state index contributed by atoms with van der Waals surface area (Å²) in [5.74, 6) is 1.38. The van der Waals surface area contributed by atoms with Crippen LogP contribution in [-0.2, 0) is 0 Å². The summed E-state index contributed by atoms with van der Waals surface area (Å²) in [6.07, 6.45) is 3.97. The molecule has 0 spiro atoms. The van der Waals surface area contributed by atoms with Crippen molar-refractivity contribution in [1.82, 2.24) is 0 Å². The van der Waals surface area contributed by atoms with Gasteiger partial charge >= 0.3 is 0 Å². The second-order valence-corrected chi connectivity index (χ2v) is 5.57. The van der Waals surface area contributed by atoms with Crippen LogP contribution in [0.1, 0.15) is 40.0 Å². The van der Waals surface area contributed by atoms with Crippen molar-refractivity contribution in [1.29, 1.82) is 0 Å². The summed E-state index contributed by atoms with van der Waals surface area (Å²) in [7, 11) is 0.406. The molecule has 0 aliphatic heterocycles. The predicted octanol–water partition coefficient (Wildman–Crippen LogP) is 1.96. The van der Waals surface area contributed by atoms with Crippen LogP contribution in [0.25, 0.3) is 0 Å². The molecule has 0 radical (unpaired) electrons. The fraction of sp³-hybridized carbons (Fsp3) is 1.00. The maximum Gasteiger partial charge on any atom is 0.274 e. The van der Waals surface area contributed by atoms with Crippen LogP contribution in [0.15, 0.2) is 0 Å². The Kier molecular flexibility index (Phi) is 1.64. The van der Waals surface area contributed by atoms with E-state index >= 15 is 0 Å². The van der Waals surface area contributed by atoms with Gasteiger partial charge in [0, 0.05) is 0 Å². The molecule has 68 valence electrons. The van der Waals surface area contributed by atoms with E-state index in [-0.39, 0.29) is 0 Å². The first kappa shape index (κ1) is 8.62. The molecular weight excluding hydrogens is 147 g/mol. The second-order valence-electron chi connectivity index (χ2n) is 5.57. The van der Waals surface area contributed by atoms with E-state index in [2.05, 4.69) is 20.8 Å². The van der Waals surface area contributed by atoms with Gasteiger partial charge in [0.25, 0.3) is 7.48 Å². The van der Waals surface area contributed by atoms with Gasteiger partial charge in [-0.2, -0.15) is 0 Å². The lowest BCUT2D eigenvalue weighted by Crippen LogP contribution is -2.26. The van der Waals surface area contributed by atoms with Crippen molar-refractivity contribution in [2.75, 3.05) is 0 Å². The summed E-state index contributed by atoms with van der Waals surface area (Å²) in [5, 5.41) is 9.23. The van der Waals surface area contributed by atoms with Crippen molar-refractivity contribution in [3.05, 3.63) is 0 Å². The molecule has 2 aliphatic rings. The van der Waals surface area contributed by atoms with E-state index in [4.69, 9.17) is 0 Å². The molecule has 3 atom stereocenters. The van der Waals surface area contributed by atoms with Crippen LogP contribution < -0.4 is 0 Å². The van der Waals surface area contributed by atoms with Crippen molar-refractivity contribution in [2.24, 2.45) is 16.7 Å². The second kappa shape index (κ2) is 2.28. The van der Waals surface area contributed by atoms with Gasteiger partial charge in [0.15, 0.2) is 0 Å². The van der Waals surface area contributed by atoms with E-state index in [1.165, 1.54) is 19.3 Å². The first-order chi connectivity index (χ1) is 5.51. The Morgan fingerprint density at radius 2 is 2.00 bits per heavy atom. The number of hydrogen-bond acceptors (Lipinski definition) is 1. The highest BCUT2D eigenvalue weighted by atomic mass is 16.2. The third-order valence-electron chi connectivity index (χ3n) is 5.01. The molecular formula is C10H19BO. The lowest BCUT2D eigenvalue weighted by molar-refractivity contribution is 0.152. The molecule has 0 saturated heterocycles. The van der Waals surface area contributed by atoms with Gasteiger partial charge in [0.1, 0.15) is 0 Å². The maximum atomic E-state index is 9.23. The average Bonchev–Trinajstić information content (AvgIpc) is 2.33. The zero-order valence-electron chi connectivity index (χ0n) is 8.43. The molecule has 1 nitrogen and oxygen atoms in total. The average molecular weight is 166 g/mol. The van der Waals surface area contributed by atoms with Gasteiger partial charge in [-0.05, 0) is 41.8 Å². The van der Waals surface area contributed by atoms with Crippen molar-refractivity contribution in [3.8, 4) is 0 Å². The lowest BCUT2D eigenvalue weighted by atomic mass is 9.68. The molecule has 2 bridgehead atoms. The molecule has 2 aliphatic carbocycles. The van der Waals surface area contributed by atoms with E-state index in [9.17, 15) is 5.02 Å². The molecule has 0 amide bonds. The number of fused-ring (bicyclic) bond motifs is 2. The zero-order chi connectivity index (χ0) is 8.98. The van der Waals surface area contributed by atoms with Gasteiger partial charge in [-0.3, -0.25) is 0 Å². The number of hydrogen-bond donors (Lipinski definition) is 1. The fourth-order valence-corrected chi connectivity index (χ4v) is 3.71. The zero-order valence-corrected chi connectivity index (χ0v) is 8.43. The summed E-state index contributed by atoms with van der Waals surface area (Å²) < 4.78 is 0. The molecule has 2 saturated carbocycles. The monoisotopic (exact) mass is 166 g/mol. The van der Waals surface area contributed by atoms with Crippen molar-refractivity contribution in [3.63, 3.8) is 0 Å². The van der Waals surface area contributed by atoms with Crippen LogP contribution in [0.3, 0.4) is 0 Å². The molecule has 0 aromatic rings. The summed E-state index contributed by atoms with van der Waals surface area (Å²) >= 11 is 0. The lowest BCUT2D eigenvalue weighted by Gasteiger charge is -2.34. The Balaban J connectivity index is 2.30. The minimum absolute atomic E-state index is 0.406. The molecule has 2 fully saturated rings. The fourth-order valence-electron chi connectivity index (χ4n) is 3.71. The SMILES string of the molecule is CC12CCC(C(BO)C1)C2(C)C. The third kappa shape index (κ3) is 0.796. The molecule has 3 unspecified atom stereocenters. The standard InChI is InChI=1S/C10H19BO/c1-9(2)7-4-5-10(9,3)6-8(7)11-12/h7-8,11-12H,4-6H2,1-3H3. The number of rotatable bonds is 1. The topological polar surface area (TPSA) is 20.2 Å². The maximum absolute atomic E-state index is 9.23. The molecule has 1 N–H and O–H groups in total. The Hall–Kier alpha value is 0.0249. The summed E-state index contributed by atoms with van der Waals surface area (Å²) in [6, 6.07) is 0. The smallest absolute Gasteiger partial charge is 0.274 e. The van der Waals surface area contributed by atoms with Crippen molar-refractivity contribution < 1.29 is 5.02 Å². The van der Waals surface area contributed by atoms with E-state index in [1.807, 2.05) is 0 Å².